The third-order valence-electron chi connectivity index (χ3n) is 5.38. The second kappa shape index (κ2) is 5.28. The zero-order valence-corrected chi connectivity index (χ0v) is 12.1. The molecule has 1 N–H and O–H groups in total. The molecule has 3 rings (SSSR count). The minimum Gasteiger partial charge on any atom is -0.390 e. The van der Waals surface area contributed by atoms with Gasteiger partial charge >= 0.3 is 0 Å². The Kier molecular flexibility index (Phi) is 3.66. The van der Waals surface area contributed by atoms with E-state index >= 15 is 0 Å². The zero-order valence-electron chi connectivity index (χ0n) is 12.1. The highest BCUT2D eigenvalue weighted by Gasteiger charge is 2.39. The van der Waals surface area contributed by atoms with Gasteiger partial charge in [0.15, 0.2) is 0 Å². The lowest BCUT2D eigenvalue weighted by Gasteiger charge is -2.32. The predicted octanol–water partition coefficient (Wildman–Crippen LogP) is 4.44. The van der Waals surface area contributed by atoms with Gasteiger partial charge in [-0.25, -0.2) is 0 Å². The Balaban J connectivity index is 1.74. The van der Waals surface area contributed by atoms with Crippen LogP contribution in [0.4, 0.5) is 0 Å². The van der Waals surface area contributed by atoms with Crippen molar-refractivity contribution < 1.29 is 5.11 Å². The standard InChI is InChI=1S/C18H26O/c1-2-14-10-11-18(19,12-14)13-16-8-5-7-15-6-3-4-9-17(15)16/h3-4,6,9,14,16,19H,2,5,7-8,10-13H2,1H3. The second-order valence-corrected chi connectivity index (χ2v) is 6.73. The lowest BCUT2D eigenvalue weighted by Crippen LogP contribution is -2.29. The molecule has 1 aromatic rings. The summed E-state index contributed by atoms with van der Waals surface area (Å²) in [5.41, 5.74) is 2.66. The molecule has 0 aliphatic heterocycles. The van der Waals surface area contributed by atoms with Crippen LogP contribution in [0.15, 0.2) is 24.3 Å². The van der Waals surface area contributed by atoms with E-state index in [0.717, 1.165) is 25.2 Å². The molecule has 0 saturated heterocycles. The Morgan fingerprint density at radius 3 is 2.89 bits per heavy atom. The number of hydrogen-bond acceptors (Lipinski definition) is 1. The monoisotopic (exact) mass is 258 g/mol. The molecule has 1 nitrogen and oxygen atoms in total. The van der Waals surface area contributed by atoms with Gasteiger partial charge in [-0.1, -0.05) is 37.6 Å². The molecule has 3 atom stereocenters. The summed E-state index contributed by atoms with van der Waals surface area (Å²) in [6.07, 6.45) is 9.26. The van der Waals surface area contributed by atoms with Crippen molar-refractivity contribution in [3.05, 3.63) is 35.4 Å². The van der Waals surface area contributed by atoms with E-state index in [2.05, 4.69) is 31.2 Å². The first-order valence-electron chi connectivity index (χ1n) is 8.00. The van der Waals surface area contributed by atoms with Crippen LogP contribution in [-0.2, 0) is 6.42 Å². The van der Waals surface area contributed by atoms with Gasteiger partial charge in [-0.2, -0.15) is 0 Å². The number of benzene rings is 1. The first kappa shape index (κ1) is 13.2. The van der Waals surface area contributed by atoms with Crippen LogP contribution in [0, 0.1) is 5.92 Å². The Labute approximate surface area is 117 Å². The Morgan fingerprint density at radius 2 is 2.11 bits per heavy atom. The molecule has 0 heterocycles. The number of hydrogen-bond donors (Lipinski definition) is 1. The summed E-state index contributed by atoms with van der Waals surface area (Å²) in [5, 5.41) is 10.9. The van der Waals surface area contributed by atoms with E-state index < -0.39 is 0 Å². The van der Waals surface area contributed by atoms with Crippen molar-refractivity contribution >= 4 is 0 Å². The van der Waals surface area contributed by atoms with Crippen LogP contribution < -0.4 is 0 Å². The number of fused-ring (bicyclic) bond motifs is 1. The van der Waals surface area contributed by atoms with Crippen LogP contribution in [0.3, 0.4) is 0 Å². The Hall–Kier alpha value is -0.820. The topological polar surface area (TPSA) is 20.2 Å². The normalized spacial score (nSPS) is 34.2. The van der Waals surface area contributed by atoms with Crippen molar-refractivity contribution in [1.82, 2.24) is 0 Å². The van der Waals surface area contributed by atoms with Gasteiger partial charge in [-0.05, 0) is 67.9 Å². The van der Waals surface area contributed by atoms with Gasteiger partial charge in [0.2, 0.25) is 0 Å². The third kappa shape index (κ3) is 2.72. The van der Waals surface area contributed by atoms with Crippen molar-refractivity contribution in [1.29, 1.82) is 0 Å². The summed E-state index contributed by atoms with van der Waals surface area (Å²) in [7, 11) is 0. The molecule has 3 unspecified atom stereocenters. The molecule has 1 saturated carbocycles. The molecule has 1 aromatic carbocycles. The average Bonchev–Trinajstić information content (AvgIpc) is 2.81. The van der Waals surface area contributed by atoms with Crippen molar-refractivity contribution in [3.63, 3.8) is 0 Å². The largest absolute Gasteiger partial charge is 0.390 e. The fourth-order valence-electron chi connectivity index (χ4n) is 4.27. The molecule has 1 fully saturated rings. The van der Waals surface area contributed by atoms with Crippen LogP contribution >= 0.6 is 0 Å². The van der Waals surface area contributed by atoms with E-state index in [1.54, 1.807) is 0 Å². The molecular weight excluding hydrogens is 232 g/mol. The van der Waals surface area contributed by atoms with Gasteiger partial charge in [0, 0.05) is 0 Å². The molecule has 0 bridgehead atoms. The van der Waals surface area contributed by atoms with Crippen molar-refractivity contribution in [2.75, 3.05) is 0 Å². The van der Waals surface area contributed by atoms with Crippen LogP contribution in [0.1, 0.15) is 68.9 Å². The van der Waals surface area contributed by atoms with Crippen LogP contribution in [-0.4, -0.2) is 10.7 Å². The first-order chi connectivity index (χ1) is 9.20. The van der Waals surface area contributed by atoms with Crippen LogP contribution in [0.5, 0.6) is 0 Å². The minimum absolute atomic E-state index is 0.379. The van der Waals surface area contributed by atoms with Crippen molar-refractivity contribution in [3.8, 4) is 0 Å². The van der Waals surface area contributed by atoms with Gasteiger partial charge in [0.25, 0.3) is 0 Å². The number of rotatable bonds is 3. The molecule has 0 spiro atoms. The smallest absolute Gasteiger partial charge is 0.0656 e. The highest BCUT2D eigenvalue weighted by molar-refractivity contribution is 5.33. The highest BCUT2D eigenvalue weighted by Crippen LogP contribution is 2.45. The fourth-order valence-corrected chi connectivity index (χ4v) is 4.27. The Bertz CT molecular complexity index is 439. The summed E-state index contributed by atoms with van der Waals surface area (Å²) in [6, 6.07) is 8.87. The summed E-state index contributed by atoms with van der Waals surface area (Å²) >= 11 is 0. The molecule has 2 aliphatic carbocycles. The van der Waals surface area contributed by atoms with E-state index in [-0.39, 0.29) is 5.60 Å². The molecule has 2 aliphatic rings. The average molecular weight is 258 g/mol. The molecule has 0 radical (unpaired) electrons. The fraction of sp³-hybridized carbons (Fsp3) is 0.667. The second-order valence-electron chi connectivity index (χ2n) is 6.73. The minimum atomic E-state index is -0.379. The molecular formula is C18H26O. The maximum absolute atomic E-state index is 10.9. The van der Waals surface area contributed by atoms with E-state index in [1.165, 1.54) is 43.2 Å². The van der Waals surface area contributed by atoms with Crippen LogP contribution in [0.25, 0.3) is 0 Å². The maximum Gasteiger partial charge on any atom is 0.0656 e. The van der Waals surface area contributed by atoms with Gasteiger partial charge in [0.05, 0.1) is 5.60 Å². The predicted molar refractivity (Wildman–Crippen MR) is 79.3 cm³/mol. The zero-order chi connectivity index (χ0) is 13.3. The van der Waals surface area contributed by atoms with E-state index in [9.17, 15) is 5.11 Å². The summed E-state index contributed by atoms with van der Waals surface area (Å²) in [5.74, 6) is 1.34. The molecule has 104 valence electrons. The van der Waals surface area contributed by atoms with Crippen molar-refractivity contribution in [2.24, 2.45) is 5.92 Å². The summed E-state index contributed by atoms with van der Waals surface area (Å²) in [4.78, 5) is 0. The van der Waals surface area contributed by atoms with E-state index in [1.807, 2.05) is 0 Å². The molecule has 0 aromatic heterocycles. The van der Waals surface area contributed by atoms with Gasteiger partial charge in [0.1, 0.15) is 0 Å². The third-order valence-corrected chi connectivity index (χ3v) is 5.38. The van der Waals surface area contributed by atoms with E-state index in [0.29, 0.717) is 5.92 Å². The first-order valence-corrected chi connectivity index (χ1v) is 8.00. The summed E-state index contributed by atoms with van der Waals surface area (Å²) < 4.78 is 0. The quantitative estimate of drug-likeness (QED) is 0.850. The van der Waals surface area contributed by atoms with E-state index in [4.69, 9.17) is 0 Å². The van der Waals surface area contributed by atoms with Crippen LogP contribution in [0.2, 0.25) is 0 Å². The lowest BCUT2D eigenvalue weighted by atomic mass is 9.76. The molecule has 1 heteroatoms. The lowest BCUT2D eigenvalue weighted by molar-refractivity contribution is 0.0256. The van der Waals surface area contributed by atoms with Gasteiger partial charge < -0.3 is 5.11 Å². The maximum atomic E-state index is 10.9. The number of aryl methyl sites for hydroxylation is 1. The molecule has 0 amide bonds. The number of aliphatic hydroxyl groups is 1. The van der Waals surface area contributed by atoms with Crippen molar-refractivity contribution in [2.45, 2.75) is 69.8 Å². The molecule has 19 heavy (non-hydrogen) atoms. The summed E-state index contributed by atoms with van der Waals surface area (Å²) in [6.45, 7) is 2.26. The highest BCUT2D eigenvalue weighted by atomic mass is 16.3. The van der Waals surface area contributed by atoms with Gasteiger partial charge in [-0.3, -0.25) is 0 Å². The SMILES string of the molecule is CCC1CCC(O)(CC2CCCc3ccccc32)C1. The van der Waals surface area contributed by atoms with Gasteiger partial charge in [-0.15, -0.1) is 0 Å². The Morgan fingerprint density at radius 1 is 1.26 bits per heavy atom.